The van der Waals surface area contributed by atoms with E-state index < -0.39 is 17.4 Å². The number of hydrogen-bond donors (Lipinski definition) is 3. The van der Waals surface area contributed by atoms with Crippen molar-refractivity contribution < 1.29 is 28.2 Å². The SMILES string of the molecule is Cc1cc2cc(C(=O)c3cnn(-c4ccc(Oc5ccccc5F)cc4C)c3N)[nH]c2cc1N1C(=O)NC2(CCOCC2)C1=O. The van der Waals surface area contributed by atoms with Crippen LogP contribution < -0.4 is 20.7 Å². The van der Waals surface area contributed by atoms with Crippen molar-refractivity contribution in [3.63, 3.8) is 0 Å². The lowest BCUT2D eigenvalue weighted by Gasteiger charge is -2.30. The van der Waals surface area contributed by atoms with Gasteiger partial charge in [-0.15, -0.1) is 0 Å². The van der Waals surface area contributed by atoms with Gasteiger partial charge in [0, 0.05) is 37.0 Å². The first kappa shape index (κ1) is 28.3. The summed E-state index contributed by atoms with van der Waals surface area (Å²) < 4.78 is 26.6. The Kier molecular flexibility index (Phi) is 6.66. The van der Waals surface area contributed by atoms with E-state index in [0.29, 0.717) is 54.3 Å². The molecule has 2 aliphatic heterocycles. The molecule has 0 aliphatic carbocycles. The Morgan fingerprint density at radius 1 is 1.02 bits per heavy atom. The molecule has 0 bridgehead atoms. The van der Waals surface area contributed by atoms with Gasteiger partial charge in [0.2, 0.25) is 5.78 Å². The second-order valence-corrected chi connectivity index (χ2v) is 11.3. The first-order valence-electron chi connectivity index (χ1n) is 14.4. The average molecular weight is 609 g/mol. The number of aromatic nitrogens is 3. The Labute approximate surface area is 256 Å². The zero-order valence-electron chi connectivity index (χ0n) is 24.5. The van der Waals surface area contributed by atoms with Gasteiger partial charge in [-0.1, -0.05) is 12.1 Å². The maximum Gasteiger partial charge on any atom is 0.329 e. The van der Waals surface area contributed by atoms with E-state index in [0.717, 1.165) is 10.9 Å². The molecule has 2 aromatic heterocycles. The number of carbonyl (C=O) groups is 3. The highest BCUT2D eigenvalue weighted by molar-refractivity contribution is 6.24. The monoisotopic (exact) mass is 608 g/mol. The predicted molar refractivity (Wildman–Crippen MR) is 164 cm³/mol. The number of hydrogen-bond acceptors (Lipinski definition) is 7. The van der Waals surface area contributed by atoms with Crippen LogP contribution in [0.4, 0.5) is 20.7 Å². The van der Waals surface area contributed by atoms with E-state index >= 15 is 0 Å². The number of rotatable bonds is 6. The third-order valence-corrected chi connectivity index (χ3v) is 8.44. The fraction of sp³-hybridized carbons (Fsp3) is 0.212. The van der Waals surface area contributed by atoms with Gasteiger partial charge in [0.1, 0.15) is 17.1 Å². The second-order valence-electron chi connectivity index (χ2n) is 11.3. The highest BCUT2D eigenvalue weighted by Gasteiger charge is 2.52. The van der Waals surface area contributed by atoms with E-state index in [1.54, 1.807) is 48.5 Å². The summed E-state index contributed by atoms with van der Waals surface area (Å²) in [6.07, 6.45) is 2.23. The first-order chi connectivity index (χ1) is 21.6. The van der Waals surface area contributed by atoms with E-state index in [1.807, 2.05) is 19.9 Å². The number of nitrogens with two attached hydrogens (primary N) is 1. The molecule has 0 saturated carbocycles. The van der Waals surface area contributed by atoms with Gasteiger partial charge in [0.15, 0.2) is 11.6 Å². The van der Waals surface area contributed by atoms with E-state index in [9.17, 15) is 18.8 Å². The minimum absolute atomic E-state index is 0.107. The standard InChI is InChI=1S/C33H29FN6O5/c1-18-13-20-15-25(37-24(20)16-27(18)39-31(42)33(38-32(39)43)9-11-44-12-10-33)29(41)22-17-36-40(30(22)35)26-8-7-21(14-19(26)2)45-28-6-4-3-5-23(28)34/h3-8,13-17,37H,9-12,35H2,1-2H3,(H,38,43). The topological polar surface area (TPSA) is 145 Å². The molecule has 45 heavy (non-hydrogen) atoms. The summed E-state index contributed by atoms with van der Waals surface area (Å²) in [5, 5.41) is 7.99. The van der Waals surface area contributed by atoms with Gasteiger partial charge in [-0.2, -0.15) is 5.10 Å². The van der Waals surface area contributed by atoms with Crippen LogP contribution >= 0.6 is 0 Å². The Hall–Kier alpha value is -5.49. The van der Waals surface area contributed by atoms with Crippen LogP contribution in [-0.2, 0) is 9.53 Å². The number of aromatic amines is 1. The lowest BCUT2D eigenvalue weighted by molar-refractivity contribution is -0.125. The number of urea groups is 1. The molecule has 4 N–H and O–H groups in total. The third kappa shape index (κ3) is 4.70. The number of nitrogen functional groups attached to an aromatic ring is 1. The van der Waals surface area contributed by atoms with Gasteiger partial charge in [-0.05, 0) is 73.5 Å². The van der Waals surface area contributed by atoms with Gasteiger partial charge in [0.25, 0.3) is 5.91 Å². The number of aryl methyl sites for hydroxylation is 2. The first-order valence-corrected chi connectivity index (χ1v) is 14.4. The van der Waals surface area contributed by atoms with Gasteiger partial charge in [-0.25, -0.2) is 18.8 Å². The van der Waals surface area contributed by atoms with Crippen LogP contribution in [0.3, 0.4) is 0 Å². The van der Waals surface area contributed by atoms with Gasteiger partial charge < -0.3 is 25.5 Å². The molecule has 0 radical (unpaired) electrons. The molecule has 3 aromatic carbocycles. The molecule has 0 atom stereocenters. The minimum Gasteiger partial charge on any atom is -0.454 e. The number of nitrogens with one attached hydrogen (secondary N) is 2. The number of nitrogens with zero attached hydrogens (tertiary/aromatic N) is 3. The van der Waals surface area contributed by atoms with Gasteiger partial charge in [0.05, 0.1) is 28.8 Å². The number of anilines is 2. The molecule has 12 heteroatoms. The Balaban J connectivity index is 1.15. The fourth-order valence-corrected chi connectivity index (χ4v) is 6.00. The number of benzene rings is 3. The number of halogens is 1. The predicted octanol–water partition coefficient (Wildman–Crippen LogP) is 5.32. The van der Waals surface area contributed by atoms with Crippen LogP contribution in [0.5, 0.6) is 11.5 Å². The van der Waals surface area contributed by atoms with Crippen molar-refractivity contribution >= 4 is 40.1 Å². The Morgan fingerprint density at radius 3 is 2.53 bits per heavy atom. The minimum atomic E-state index is -0.962. The van der Waals surface area contributed by atoms with Crippen LogP contribution in [0.25, 0.3) is 16.6 Å². The summed E-state index contributed by atoms with van der Waals surface area (Å²) in [6.45, 7) is 4.44. The number of imide groups is 1. The second kappa shape index (κ2) is 10.6. The van der Waals surface area contributed by atoms with Crippen molar-refractivity contribution in [3.8, 4) is 17.2 Å². The van der Waals surface area contributed by atoms with Gasteiger partial charge in [-0.3, -0.25) is 9.59 Å². The summed E-state index contributed by atoms with van der Waals surface area (Å²) >= 11 is 0. The Morgan fingerprint density at radius 2 is 1.78 bits per heavy atom. The van der Waals surface area contributed by atoms with Crippen molar-refractivity contribution in [1.29, 1.82) is 0 Å². The molecular weight excluding hydrogens is 579 g/mol. The summed E-state index contributed by atoms with van der Waals surface area (Å²) in [5.74, 6) is -0.462. The van der Waals surface area contributed by atoms with Crippen molar-refractivity contribution in [3.05, 3.63) is 95.1 Å². The Bertz CT molecular complexity index is 2030. The largest absolute Gasteiger partial charge is 0.454 e. The maximum atomic E-state index is 14.0. The number of para-hydroxylation sites is 1. The quantitative estimate of drug-likeness (QED) is 0.175. The van der Waals surface area contributed by atoms with E-state index in [2.05, 4.69) is 15.4 Å². The third-order valence-electron chi connectivity index (χ3n) is 8.44. The maximum absolute atomic E-state index is 14.0. The fourth-order valence-electron chi connectivity index (χ4n) is 6.00. The van der Waals surface area contributed by atoms with Crippen molar-refractivity contribution in [2.45, 2.75) is 32.2 Å². The highest BCUT2D eigenvalue weighted by atomic mass is 19.1. The lowest BCUT2D eigenvalue weighted by Crippen LogP contribution is -2.51. The molecule has 1 spiro atoms. The summed E-state index contributed by atoms with van der Waals surface area (Å²) in [7, 11) is 0. The zero-order chi connectivity index (χ0) is 31.5. The lowest BCUT2D eigenvalue weighted by atomic mass is 9.90. The van der Waals surface area contributed by atoms with Gasteiger partial charge >= 0.3 is 6.03 Å². The van der Waals surface area contributed by atoms with Crippen LogP contribution in [0, 0.1) is 19.7 Å². The molecule has 2 saturated heterocycles. The summed E-state index contributed by atoms with van der Waals surface area (Å²) in [6, 6.07) is 16.0. The van der Waals surface area contributed by atoms with Crippen LogP contribution in [0.1, 0.15) is 40.0 Å². The molecule has 3 amide bonds. The number of amides is 3. The molecule has 5 aromatic rings. The number of ether oxygens (including phenoxy) is 2. The van der Waals surface area contributed by atoms with Crippen molar-refractivity contribution in [1.82, 2.24) is 20.1 Å². The molecule has 11 nitrogen and oxygen atoms in total. The van der Waals surface area contributed by atoms with Crippen LogP contribution in [0.2, 0.25) is 0 Å². The molecular formula is C33H29FN6O5. The smallest absolute Gasteiger partial charge is 0.329 e. The average Bonchev–Trinajstić information content (AvgIpc) is 3.67. The molecule has 228 valence electrons. The zero-order valence-corrected chi connectivity index (χ0v) is 24.5. The van der Waals surface area contributed by atoms with E-state index in [1.165, 1.54) is 21.8 Å². The molecule has 2 fully saturated rings. The van der Waals surface area contributed by atoms with E-state index in [-0.39, 0.29) is 34.5 Å². The molecule has 7 rings (SSSR count). The number of ketones is 1. The number of H-pyrrole nitrogens is 1. The molecule has 4 heterocycles. The highest BCUT2D eigenvalue weighted by Crippen LogP contribution is 2.36. The molecule has 0 unspecified atom stereocenters. The van der Waals surface area contributed by atoms with Crippen LogP contribution in [-0.4, -0.2) is 51.2 Å². The van der Waals surface area contributed by atoms with E-state index in [4.69, 9.17) is 15.2 Å². The summed E-state index contributed by atoms with van der Waals surface area (Å²) in [5.41, 5.74) is 9.05. The number of fused-ring (bicyclic) bond motifs is 1. The van der Waals surface area contributed by atoms with Crippen molar-refractivity contribution in [2.24, 2.45) is 0 Å². The van der Waals surface area contributed by atoms with Crippen LogP contribution in [0.15, 0.2) is 66.9 Å². The number of carbonyl (C=O) groups excluding carboxylic acids is 3. The van der Waals surface area contributed by atoms with Crippen molar-refractivity contribution in [2.75, 3.05) is 23.8 Å². The molecule has 2 aliphatic rings. The summed E-state index contributed by atoms with van der Waals surface area (Å²) in [4.78, 5) is 44.4. The normalized spacial score (nSPS) is 16.0.